The van der Waals surface area contributed by atoms with Crippen molar-refractivity contribution >= 4 is 17.1 Å². The number of fused-ring (bicyclic) bond motifs is 1. The van der Waals surface area contributed by atoms with Crippen LogP contribution in [0, 0.1) is 0 Å². The number of rotatable bonds is 4. The molecule has 0 unspecified atom stereocenters. The molecule has 0 aliphatic heterocycles. The van der Waals surface area contributed by atoms with E-state index in [2.05, 4.69) is 12.1 Å². The van der Waals surface area contributed by atoms with Crippen LogP contribution in [-0.4, -0.2) is 15.8 Å². The summed E-state index contributed by atoms with van der Waals surface area (Å²) in [5.74, 6) is -0.202. The van der Waals surface area contributed by atoms with Gasteiger partial charge < -0.3 is 14.4 Å². The van der Waals surface area contributed by atoms with Gasteiger partial charge in [0.05, 0.1) is 11.7 Å². The number of hydrogen-bond acceptors (Lipinski definition) is 3. The molecule has 0 aliphatic rings. The number of pyridine rings is 1. The van der Waals surface area contributed by atoms with Gasteiger partial charge in [0.1, 0.15) is 0 Å². The van der Waals surface area contributed by atoms with Gasteiger partial charge >= 0.3 is 6.16 Å². The molecule has 0 spiro atoms. The Kier molecular flexibility index (Phi) is 4.64. The minimum atomic E-state index is -1.51. The second-order valence-corrected chi connectivity index (χ2v) is 6.40. The number of carbonyl (C=O) groups is 1. The van der Waals surface area contributed by atoms with E-state index in [0.717, 1.165) is 22.2 Å². The zero-order valence-electron chi connectivity index (χ0n) is 14.9. The molecule has 5 heteroatoms. The van der Waals surface area contributed by atoms with Crippen LogP contribution in [0.5, 0.6) is 5.75 Å². The van der Waals surface area contributed by atoms with Crippen LogP contribution < -0.4 is 10.2 Å². The molecule has 1 N–H and O–H groups in total. The summed E-state index contributed by atoms with van der Waals surface area (Å²) in [7, 11) is 0. The Hall–Kier alpha value is -3.86. The largest absolute Gasteiger partial charge is 0.511 e. The summed E-state index contributed by atoms with van der Waals surface area (Å²) in [6, 6.07) is 25.3. The third kappa shape index (κ3) is 3.50. The highest BCUT2D eigenvalue weighted by Crippen LogP contribution is 2.21. The Morgan fingerprint density at radius 3 is 2.21 bits per heavy atom. The van der Waals surface area contributed by atoms with E-state index in [1.165, 1.54) is 6.20 Å². The molecule has 0 radical (unpaired) electrons. The van der Waals surface area contributed by atoms with Crippen molar-refractivity contribution in [1.29, 1.82) is 0 Å². The smallest absolute Gasteiger partial charge is 0.449 e. The molecule has 0 fully saturated rings. The SMILES string of the molecule is O=C(O)Oc1cn(Cc2ccc(-c3ccccc3)cc2)c2ccccc2c1=O. The van der Waals surface area contributed by atoms with Gasteiger partial charge in [-0.2, -0.15) is 0 Å². The van der Waals surface area contributed by atoms with Crippen molar-refractivity contribution in [1.82, 2.24) is 4.57 Å². The van der Waals surface area contributed by atoms with Crippen LogP contribution in [0.2, 0.25) is 0 Å². The number of ether oxygens (including phenoxy) is 1. The zero-order valence-corrected chi connectivity index (χ0v) is 14.9. The van der Waals surface area contributed by atoms with Crippen LogP contribution in [0.25, 0.3) is 22.0 Å². The number of hydrogen-bond donors (Lipinski definition) is 1. The molecule has 138 valence electrons. The van der Waals surface area contributed by atoms with Gasteiger partial charge in [-0.05, 0) is 28.8 Å². The van der Waals surface area contributed by atoms with E-state index in [0.29, 0.717) is 11.9 Å². The first-order chi connectivity index (χ1) is 13.6. The third-order valence-electron chi connectivity index (χ3n) is 4.57. The predicted molar refractivity (Wildman–Crippen MR) is 108 cm³/mol. The van der Waals surface area contributed by atoms with Crippen molar-refractivity contribution < 1.29 is 14.6 Å². The van der Waals surface area contributed by atoms with Gasteiger partial charge in [0, 0.05) is 11.9 Å². The summed E-state index contributed by atoms with van der Waals surface area (Å²) in [5, 5.41) is 9.33. The topological polar surface area (TPSA) is 68.5 Å². The average molecular weight is 371 g/mol. The van der Waals surface area contributed by atoms with Crippen LogP contribution >= 0.6 is 0 Å². The first-order valence-corrected chi connectivity index (χ1v) is 8.79. The maximum Gasteiger partial charge on any atom is 0.511 e. The second-order valence-electron chi connectivity index (χ2n) is 6.40. The average Bonchev–Trinajstić information content (AvgIpc) is 2.72. The van der Waals surface area contributed by atoms with Crippen molar-refractivity contribution in [3.8, 4) is 16.9 Å². The van der Waals surface area contributed by atoms with Gasteiger partial charge in [-0.15, -0.1) is 0 Å². The van der Waals surface area contributed by atoms with Gasteiger partial charge in [-0.1, -0.05) is 66.7 Å². The zero-order chi connectivity index (χ0) is 19.5. The van der Waals surface area contributed by atoms with Crippen molar-refractivity contribution in [3.05, 3.63) is 101 Å². The monoisotopic (exact) mass is 371 g/mol. The Balaban J connectivity index is 1.72. The lowest BCUT2D eigenvalue weighted by atomic mass is 10.0. The predicted octanol–water partition coefficient (Wildman–Crippen LogP) is 4.77. The molecule has 0 atom stereocenters. The lowest BCUT2D eigenvalue weighted by Crippen LogP contribution is -2.16. The fourth-order valence-electron chi connectivity index (χ4n) is 3.25. The van der Waals surface area contributed by atoms with Crippen LogP contribution in [0.15, 0.2) is 89.9 Å². The third-order valence-corrected chi connectivity index (χ3v) is 4.57. The Morgan fingerprint density at radius 2 is 1.50 bits per heavy atom. The Labute approximate surface area is 161 Å². The van der Waals surface area contributed by atoms with Gasteiger partial charge in [0.2, 0.25) is 5.43 Å². The Bertz CT molecular complexity index is 1190. The van der Waals surface area contributed by atoms with Crippen molar-refractivity contribution in [3.63, 3.8) is 0 Å². The van der Waals surface area contributed by atoms with Crippen LogP contribution in [0.3, 0.4) is 0 Å². The molecule has 28 heavy (non-hydrogen) atoms. The summed E-state index contributed by atoms with van der Waals surface area (Å²) >= 11 is 0. The number of carboxylic acid groups (broad SMARTS) is 1. The molecule has 3 aromatic carbocycles. The van der Waals surface area contributed by atoms with Crippen LogP contribution in [0.4, 0.5) is 4.79 Å². The fraction of sp³-hybridized carbons (Fsp3) is 0.0435. The molecule has 1 heterocycles. The van der Waals surface area contributed by atoms with E-state index in [1.54, 1.807) is 12.1 Å². The molecule has 4 aromatic rings. The summed E-state index contributed by atoms with van der Waals surface area (Å²) in [5.41, 5.74) is 3.56. The van der Waals surface area contributed by atoms with Crippen molar-refractivity contribution in [2.45, 2.75) is 6.54 Å². The highest BCUT2D eigenvalue weighted by Gasteiger charge is 2.13. The van der Waals surface area contributed by atoms with E-state index in [1.807, 2.05) is 59.2 Å². The lowest BCUT2D eigenvalue weighted by molar-refractivity contribution is 0.144. The van der Waals surface area contributed by atoms with E-state index in [9.17, 15) is 9.59 Å². The standard InChI is InChI=1S/C23H17NO4/c25-22-19-8-4-5-9-20(19)24(15-21(22)28-23(26)27)14-16-10-12-18(13-11-16)17-6-2-1-3-7-17/h1-13,15H,14H2,(H,26,27). The van der Waals surface area contributed by atoms with Gasteiger partial charge in [0.25, 0.3) is 0 Å². The van der Waals surface area contributed by atoms with E-state index in [4.69, 9.17) is 9.84 Å². The molecule has 0 bridgehead atoms. The van der Waals surface area contributed by atoms with Crippen LogP contribution in [-0.2, 0) is 6.54 Å². The minimum absolute atomic E-state index is 0.202. The molecule has 0 saturated carbocycles. The van der Waals surface area contributed by atoms with E-state index in [-0.39, 0.29) is 5.75 Å². The van der Waals surface area contributed by atoms with E-state index >= 15 is 0 Å². The number of nitrogens with zero attached hydrogens (tertiary/aromatic N) is 1. The van der Waals surface area contributed by atoms with Gasteiger partial charge in [-0.3, -0.25) is 4.79 Å². The number of benzene rings is 3. The second kappa shape index (κ2) is 7.40. The molecule has 1 aromatic heterocycles. The van der Waals surface area contributed by atoms with Gasteiger partial charge in [-0.25, -0.2) is 4.79 Å². The molecule has 0 saturated heterocycles. The normalized spacial score (nSPS) is 10.7. The number of aromatic nitrogens is 1. The minimum Gasteiger partial charge on any atom is -0.449 e. The molecule has 4 rings (SSSR count). The molecule has 0 amide bonds. The molecular weight excluding hydrogens is 354 g/mol. The maximum absolute atomic E-state index is 12.5. The summed E-state index contributed by atoms with van der Waals surface area (Å²) < 4.78 is 6.52. The molecule has 5 nitrogen and oxygen atoms in total. The highest BCUT2D eigenvalue weighted by atomic mass is 16.7. The Morgan fingerprint density at radius 1 is 0.857 bits per heavy atom. The molecule has 0 aliphatic carbocycles. The van der Waals surface area contributed by atoms with Crippen molar-refractivity contribution in [2.75, 3.05) is 0 Å². The van der Waals surface area contributed by atoms with E-state index < -0.39 is 11.6 Å². The van der Waals surface area contributed by atoms with Gasteiger partial charge in [0.15, 0.2) is 5.75 Å². The first-order valence-electron chi connectivity index (χ1n) is 8.79. The fourth-order valence-corrected chi connectivity index (χ4v) is 3.25. The summed E-state index contributed by atoms with van der Waals surface area (Å²) in [4.78, 5) is 23.4. The molecular formula is C23H17NO4. The quantitative estimate of drug-likeness (QED) is 0.525. The first kappa shape index (κ1) is 17.5. The van der Waals surface area contributed by atoms with Crippen molar-refractivity contribution in [2.24, 2.45) is 0 Å². The maximum atomic E-state index is 12.5. The highest BCUT2D eigenvalue weighted by molar-refractivity contribution is 5.81. The van der Waals surface area contributed by atoms with Crippen LogP contribution in [0.1, 0.15) is 5.56 Å². The number of para-hydroxylation sites is 1. The summed E-state index contributed by atoms with van der Waals surface area (Å²) in [6.07, 6.45) is -0.0599. The summed E-state index contributed by atoms with van der Waals surface area (Å²) in [6.45, 7) is 0.478. The lowest BCUT2D eigenvalue weighted by Gasteiger charge is -2.13.